The molecule has 0 saturated heterocycles. The summed E-state index contributed by atoms with van der Waals surface area (Å²) < 4.78 is 7.33. The summed E-state index contributed by atoms with van der Waals surface area (Å²) in [5.41, 5.74) is 0.437. The van der Waals surface area contributed by atoms with E-state index in [0.29, 0.717) is 36.7 Å². The maximum Gasteiger partial charge on any atom is 0.272 e. The van der Waals surface area contributed by atoms with Gasteiger partial charge in [-0.25, -0.2) is 5.10 Å². The molecular formula is C13H11N5O2. The van der Waals surface area contributed by atoms with E-state index in [9.17, 15) is 4.79 Å². The molecule has 100 valence electrons. The summed E-state index contributed by atoms with van der Waals surface area (Å²) in [5.74, 6) is 1.44. The lowest BCUT2D eigenvalue weighted by atomic mass is 10.1. The van der Waals surface area contributed by atoms with Crippen molar-refractivity contribution in [3.05, 3.63) is 40.4 Å². The second-order valence-corrected chi connectivity index (χ2v) is 4.59. The predicted octanol–water partition coefficient (Wildman–Crippen LogP) is 0.712. The van der Waals surface area contributed by atoms with Crippen molar-refractivity contribution >= 4 is 10.8 Å². The third-order valence-corrected chi connectivity index (χ3v) is 3.43. The van der Waals surface area contributed by atoms with E-state index in [-0.39, 0.29) is 5.56 Å². The van der Waals surface area contributed by atoms with Gasteiger partial charge in [0.05, 0.1) is 12.0 Å². The van der Waals surface area contributed by atoms with Crippen molar-refractivity contribution in [2.75, 3.05) is 6.61 Å². The van der Waals surface area contributed by atoms with Crippen molar-refractivity contribution < 1.29 is 4.74 Å². The summed E-state index contributed by atoms with van der Waals surface area (Å²) in [7, 11) is 0. The zero-order valence-corrected chi connectivity index (χ0v) is 10.5. The average Bonchev–Trinajstić information content (AvgIpc) is 2.92. The molecular weight excluding hydrogens is 258 g/mol. The highest BCUT2D eigenvalue weighted by atomic mass is 16.5. The average molecular weight is 269 g/mol. The van der Waals surface area contributed by atoms with Crippen LogP contribution in [0.3, 0.4) is 0 Å². The highest BCUT2D eigenvalue weighted by Crippen LogP contribution is 2.24. The third-order valence-electron chi connectivity index (χ3n) is 3.43. The lowest BCUT2D eigenvalue weighted by molar-refractivity contribution is 0.0820. The maximum atomic E-state index is 11.8. The van der Waals surface area contributed by atoms with E-state index in [0.717, 1.165) is 11.2 Å². The van der Waals surface area contributed by atoms with Crippen LogP contribution in [-0.2, 0) is 17.9 Å². The van der Waals surface area contributed by atoms with Crippen molar-refractivity contribution in [1.82, 2.24) is 25.0 Å². The number of hydrogen-bond donors (Lipinski definition) is 1. The van der Waals surface area contributed by atoms with Crippen molar-refractivity contribution in [1.29, 1.82) is 0 Å². The van der Waals surface area contributed by atoms with Crippen LogP contribution >= 0.6 is 0 Å². The van der Waals surface area contributed by atoms with Crippen molar-refractivity contribution in [3.8, 4) is 11.5 Å². The Morgan fingerprint density at radius 3 is 2.95 bits per heavy atom. The standard InChI is InChI=1S/C13H11N5O2/c19-13-9-4-2-1-3-8(9)11(15-17-13)12-16-14-10-7-20-6-5-18(10)12/h1-4H,5-7H2,(H,17,19). The molecule has 0 amide bonds. The van der Waals surface area contributed by atoms with Crippen molar-refractivity contribution in [2.45, 2.75) is 13.2 Å². The van der Waals surface area contributed by atoms with E-state index >= 15 is 0 Å². The van der Waals surface area contributed by atoms with Gasteiger partial charge in [-0.1, -0.05) is 18.2 Å². The fourth-order valence-corrected chi connectivity index (χ4v) is 2.46. The molecule has 0 saturated carbocycles. The SMILES string of the molecule is O=c1[nH]nc(-c2nnc3n2CCOC3)c2ccccc12. The van der Waals surface area contributed by atoms with Crippen LogP contribution < -0.4 is 5.56 Å². The summed E-state index contributed by atoms with van der Waals surface area (Å²) in [6.07, 6.45) is 0. The predicted molar refractivity (Wildman–Crippen MR) is 71.0 cm³/mol. The monoisotopic (exact) mass is 269 g/mol. The fourth-order valence-electron chi connectivity index (χ4n) is 2.46. The minimum atomic E-state index is -0.203. The first-order valence-electron chi connectivity index (χ1n) is 6.32. The first-order valence-corrected chi connectivity index (χ1v) is 6.32. The second-order valence-electron chi connectivity index (χ2n) is 4.59. The Hall–Kier alpha value is -2.54. The van der Waals surface area contributed by atoms with Gasteiger partial charge < -0.3 is 9.30 Å². The minimum Gasteiger partial charge on any atom is -0.372 e. The van der Waals surface area contributed by atoms with Crippen LogP contribution in [0.1, 0.15) is 5.82 Å². The fraction of sp³-hybridized carbons (Fsp3) is 0.231. The summed E-state index contributed by atoms with van der Waals surface area (Å²) >= 11 is 0. The van der Waals surface area contributed by atoms with Gasteiger partial charge in [-0.15, -0.1) is 10.2 Å². The maximum absolute atomic E-state index is 11.8. The van der Waals surface area contributed by atoms with Gasteiger partial charge in [0, 0.05) is 11.9 Å². The Kier molecular flexibility index (Phi) is 2.40. The molecule has 1 N–H and O–H groups in total. The van der Waals surface area contributed by atoms with Crippen LogP contribution in [0.2, 0.25) is 0 Å². The molecule has 20 heavy (non-hydrogen) atoms. The Labute approximate surface area is 113 Å². The number of ether oxygens (including phenoxy) is 1. The first-order chi connectivity index (χ1) is 9.84. The number of hydrogen-bond acceptors (Lipinski definition) is 5. The molecule has 3 aromatic rings. The minimum absolute atomic E-state index is 0.203. The number of nitrogens with one attached hydrogen (secondary N) is 1. The number of benzene rings is 1. The first kappa shape index (κ1) is 11.3. The normalized spacial score (nSPS) is 14.4. The molecule has 3 heterocycles. The number of H-pyrrole nitrogens is 1. The summed E-state index contributed by atoms with van der Waals surface area (Å²) in [4.78, 5) is 11.8. The molecule has 1 aliphatic heterocycles. The Morgan fingerprint density at radius 2 is 2.05 bits per heavy atom. The molecule has 0 radical (unpaired) electrons. The topological polar surface area (TPSA) is 85.7 Å². The van der Waals surface area contributed by atoms with E-state index in [1.807, 2.05) is 22.8 Å². The van der Waals surface area contributed by atoms with Crippen molar-refractivity contribution in [2.24, 2.45) is 0 Å². The molecule has 0 aliphatic carbocycles. The number of aromatic amines is 1. The Balaban J connectivity index is 2.02. The van der Waals surface area contributed by atoms with Crippen LogP contribution in [0.15, 0.2) is 29.1 Å². The van der Waals surface area contributed by atoms with Gasteiger partial charge in [0.2, 0.25) is 0 Å². The zero-order valence-electron chi connectivity index (χ0n) is 10.5. The van der Waals surface area contributed by atoms with Crippen LogP contribution in [0.25, 0.3) is 22.3 Å². The van der Waals surface area contributed by atoms with Crippen molar-refractivity contribution in [3.63, 3.8) is 0 Å². The van der Waals surface area contributed by atoms with Gasteiger partial charge in [0.25, 0.3) is 5.56 Å². The molecule has 2 aromatic heterocycles. The van der Waals surface area contributed by atoms with E-state index in [2.05, 4.69) is 20.4 Å². The van der Waals surface area contributed by atoms with E-state index in [1.54, 1.807) is 6.07 Å². The second kappa shape index (κ2) is 4.24. The molecule has 7 nitrogen and oxygen atoms in total. The quantitative estimate of drug-likeness (QED) is 0.703. The van der Waals surface area contributed by atoms with Gasteiger partial charge in [0.15, 0.2) is 11.6 Å². The van der Waals surface area contributed by atoms with E-state index in [4.69, 9.17) is 4.74 Å². The molecule has 1 aromatic carbocycles. The van der Waals surface area contributed by atoms with Crippen LogP contribution in [0.4, 0.5) is 0 Å². The van der Waals surface area contributed by atoms with Gasteiger partial charge in [-0.05, 0) is 6.07 Å². The molecule has 0 fully saturated rings. The van der Waals surface area contributed by atoms with Crippen LogP contribution in [0.5, 0.6) is 0 Å². The van der Waals surface area contributed by atoms with E-state index < -0.39 is 0 Å². The Bertz CT molecular complexity index is 851. The van der Waals surface area contributed by atoms with Gasteiger partial charge in [0.1, 0.15) is 12.3 Å². The molecule has 0 bridgehead atoms. The van der Waals surface area contributed by atoms with Gasteiger partial charge in [-0.2, -0.15) is 5.10 Å². The summed E-state index contributed by atoms with van der Waals surface area (Å²) in [6.45, 7) is 1.76. The highest BCUT2D eigenvalue weighted by molar-refractivity contribution is 5.92. The smallest absolute Gasteiger partial charge is 0.272 e. The van der Waals surface area contributed by atoms with Crippen LogP contribution in [-0.4, -0.2) is 31.6 Å². The number of fused-ring (bicyclic) bond motifs is 2. The molecule has 0 spiro atoms. The Morgan fingerprint density at radius 1 is 1.20 bits per heavy atom. The highest BCUT2D eigenvalue weighted by Gasteiger charge is 2.20. The molecule has 7 heteroatoms. The molecule has 1 aliphatic rings. The molecule has 0 atom stereocenters. The summed E-state index contributed by atoms with van der Waals surface area (Å²) in [6, 6.07) is 7.35. The molecule has 4 rings (SSSR count). The zero-order chi connectivity index (χ0) is 13.5. The number of nitrogens with zero attached hydrogens (tertiary/aromatic N) is 4. The number of rotatable bonds is 1. The van der Waals surface area contributed by atoms with E-state index in [1.165, 1.54) is 0 Å². The van der Waals surface area contributed by atoms with Gasteiger partial charge >= 0.3 is 0 Å². The largest absolute Gasteiger partial charge is 0.372 e. The molecule has 0 unspecified atom stereocenters. The van der Waals surface area contributed by atoms with Crippen LogP contribution in [0, 0.1) is 0 Å². The number of aromatic nitrogens is 5. The summed E-state index contributed by atoms with van der Waals surface area (Å²) in [5, 5.41) is 16.4. The lowest BCUT2D eigenvalue weighted by Crippen LogP contribution is -2.18. The lowest BCUT2D eigenvalue weighted by Gasteiger charge is -2.15. The third kappa shape index (κ3) is 1.56. The van der Waals surface area contributed by atoms with Gasteiger partial charge in [-0.3, -0.25) is 4.79 Å².